The van der Waals surface area contributed by atoms with E-state index in [9.17, 15) is 14.7 Å². The van der Waals surface area contributed by atoms with Crippen molar-refractivity contribution in [3.05, 3.63) is 16.0 Å². The Morgan fingerprint density at radius 2 is 2.10 bits per heavy atom. The largest absolute Gasteiger partial charge is 0.478 e. The first-order chi connectivity index (χ1) is 9.47. The molecule has 0 spiro atoms. The summed E-state index contributed by atoms with van der Waals surface area (Å²) in [5.41, 5.74) is 0.964. The summed E-state index contributed by atoms with van der Waals surface area (Å²) in [7, 11) is 0. The number of anilines is 1. The van der Waals surface area contributed by atoms with E-state index in [1.807, 2.05) is 11.8 Å². The number of urea groups is 1. The summed E-state index contributed by atoms with van der Waals surface area (Å²) in [5.74, 6) is -0.346. The molecule has 2 amide bonds. The van der Waals surface area contributed by atoms with Crippen LogP contribution in [0.15, 0.2) is 0 Å². The van der Waals surface area contributed by atoms with Gasteiger partial charge in [0.25, 0.3) is 0 Å². The highest BCUT2D eigenvalue weighted by Gasteiger charge is 2.40. The quantitative estimate of drug-likeness (QED) is 0.880. The number of piperidine rings is 1. The number of rotatable bonds is 2. The van der Waals surface area contributed by atoms with Gasteiger partial charge in [-0.3, -0.25) is 5.32 Å². The molecule has 2 N–H and O–H groups in total. The zero-order valence-electron chi connectivity index (χ0n) is 11.6. The number of carbonyl (C=O) groups excluding carboxylic acids is 1. The fourth-order valence-electron chi connectivity index (χ4n) is 3.31. The number of nitrogens with one attached hydrogen (secondary N) is 1. The maximum absolute atomic E-state index is 12.3. The van der Waals surface area contributed by atoms with E-state index in [0.29, 0.717) is 17.0 Å². The topological polar surface area (TPSA) is 69.6 Å². The molecular weight excluding hydrogens is 276 g/mol. The van der Waals surface area contributed by atoms with Gasteiger partial charge in [-0.2, -0.15) is 0 Å². The van der Waals surface area contributed by atoms with Crippen molar-refractivity contribution >= 4 is 28.3 Å². The number of aromatic carboxylic acids is 1. The molecule has 6 heteroatoms. The van der Waals surface area contributed by atoms with Gasteiger partial charge in [0.15, 0.2) is 0 Å². The summed E-state index contributed by atoms with van der Waals surface area (Å²) >= 11 is 1.34. The zero-order chi connectivity index (χ0) is 14.4. The van der Waals surface area contributed by atoms with Crippen molar-refractivity contribution in [2.45, 2.75) is 39.2 Å². The van der Waals surface area contributed by atoms with Crippen LogP contribution < -0.4 is 5.32 Å². The molecule has 2 bridgehead atoms. The van der Waals surface area contributed by atoms with Gasteiger partial charge in [0, 0.05) is 17.5 Å². The molecule has 2 atom stereocenters. The van der Waals surface area contributed by atoms with Crippen LogP contribution in [-0.4, -0.2) is 34.6 Å². The van der Waals surface area contributed by atoms with Gasteiger partial charge in [-0.15, -0.1) is 11.3 Å². The minimum absolute atomic E-state index is 0.152. The number of fused-ring (bicyclic) bond motifs is 2. The van der Waals surface area contributed by atoms with Crippen LogP contribution >= 0.6 is 11.3 Å². The number of nitrogens with zero attached hydrogens (tertiary/aromatic N) is 1. The molecule has 1 aliphatic carbocycles. The van der Waals surface area contributed by atoms with Crippen LogP contribution in [0, 0.1) is 19.8 Å². The highest BCUT2D eigenvalue weighted by Crippen LogP contribution is 2.38. The number of carbonyl (C=O) groups is 2. The first-order valence-corrected chi connectivity index (χ1v) is 7.70. The van der Waals surface area contributed by atoms with Crippen LogP contribution in [0.5, 0.6) is 0 Å². The summed E-state index contributed by atoms with van der Waals surface area (Å²) in [6.45, 7) is 4.46. The molecule has 2 heterocycles. The molecule has 0 radical (unpaired) electrons. The molecule has 1 aromatic heterocycles. The summed E-state index contributed by atoms with van der Waals surface area (Å²) in [6, 6.07) is 0.191. The Balaban J connectivity index is 1.79. The molecule has 2 fully saturated rings. The smallest absolute Gasteiger partial charge is 0.338 e. The normalized spacial score (nSPS) is 24.2. The van der Waals surface area contributed by atoms with E-state index in [4.69, 9.17) is 0 Å². The lowest BCUT2D eigenvalue weighted by atomic mass is 10.1. The number of thiophene rings is 1. The monoisotopic (exact) mass is 294 g/mol. The first-order valence-electron chi connectivity index (χ1n) is 6.88. The second-order valence-electron chi connectivity index (χ2n) is 5.71. The van der Waals surface area contributed by atoms with Gasteiger partial charge < -0.3 is 10.0 Å². The van der Waals surface area contributed by atoms with Crippen molar-refractivity contribution in [1.29, 1.82) is 0 Å². The molecular formula is C14H18N2O3S. The first kappa shape index (κ1) is 13.4. The lowest BCUT2D eigenvalue weighted by Gasteiger charge is -2.26. The summed E-state index contributed by atoms with van der Waals surface area (Å²) in [5, 5.41) is 12.5. The third kappa shape index (κ3) is 2.08. The predicted octanol–water partition coefficient (Wildman–Crippen LogP) is 3.08. The molecule has 1 aromatic rings. The highest BCUT2D eigenvalue weighted by molar-refractivity contribution is 7.16. The minimum Gasteiger partial charge on any atom is -0.478 e. The second kappa shape index (κ2) is 4.77. The lowest BCUT2D eigenvalue weighted by molar-refractivity contribution is 0.0697. The second-order valence-corrected chi connectivity index (χ2v) is 6.93. The van der Waals surface area contributed by atoms with Crippen LogP contribution in [-0.2, 0) is 0 Å². The molecule has 108 valence electrons. The van der Waals surface area contributed by atoms with Crippen LogP contribution in [0.25, 0.3) is 0 Å². The van der Waals surface area contributed by atoms with E-state index in [0.717, 1.165) is 29.8 Å². The fraction of sp³-hybridized carbons (Fsp3) is 0.571. The van der Waals surface area contributed by atoms with Gasteiger partial charge in [0.05, 0.1) is 5.56 Å². The standard InChI is InChI=1S/C14H18N2O3S/c1-7-8(2)20-12(11(7)13(17)18)15-14(19)16-6-9-3-4-10(16)5-9/h9-10H,3-6H2,1-2H3,(H,15,19)(H,17,18). The predicted molar refractivity (Wildman–Crippen MR) is 77.6 cm³/mol. The molecule has 1 saturated heterocycles. The van der Waals surface area contributed by atoms with E-state index in [-0.39, 0.29) is 11.6 Å². The zero-order valence-corrected chi connectivity index (χ0v) is 12.4. The molecule has 1 saturated carbocycles. The third-order valence-electron chi connectivity index (χ3n) is 4.49. The van der Waals surface area contributed by atoms with Crippen molar-refractivity contribution in [2.24, 2.45) is 5.92 Å². The Morgan fingerprint density at radius 3 is 2.65 bits per heavy atom. The van der Waals surface area contributed by atoms with E-state index in [1.54, 1.807) is 6.92 Å². The van der Waals surface area contributed by atoms with Crippen molar-refractivity contribution in [3.8, 4) is 0 Å². The lowest BCUT2D eigenvalue weighted by Crippen LogP contribution is -2.40. The number of carboxylic acids is 1. The number of aryl methyl sites for hydroxylation is 1. The molecule has 2 aliphatic rings. The van der Waals surface area contributed by atoms with Crippen molar-refractivity contribution in [3.63, 3.8) is 0 Å². The Bertz CT molecular complexity index is 581. The number of likely N-dealkylation sites (tertiary alicyclic amines) is 1. The summed E-state index contributed by atoms with van der Waals surface area (Å²) in [4.78, 5) is 26.5. The van der Waals surface area contributed by atoms with Gasteiger partial charge in [-0.1, -0.05) is 0 Å². The minimum atomic E-state index is -0.981. The molecule has 5 nitrogen and oxygen atoms in total. The van der Waals surface area contributed by atoms with Crippen LogP contribution in [0.3, 0.4) is 0 Å². The number of carboxylic acid groups (broad SMARTS) is 1. The maximum atomic E-state index is 12.3. The maximum Gasteiger partial charge on any atom is 0.338 e. The van der Waals surface area contributed by atoms with E-state index >= 15 is 0 Å². The Kier molecular flexibility index (Phi) is 3.20. The molecule has 1 aliphatic heterocycles. The van der Waals surface area contributed by atoms with Crippen molar-refractivity contribution in [2.75, 3.05) is 11.9 Å². The average Bonchev–Trinajstić information content (AvgIpc) is 3.05. The van der Waals surface area contributed by atoms with Crippen molar-refractivity contribution in [1.82, 2.24) is 4.90 Å². The Hall–Kier alpha value is -1.56. The fourth-order valence-corrected chi connectivity index (χ4v) is 4.36. The SMILES string of the molecule is Cc1sc(NC(=O)N2CC3CCC2C3)c(C(=O)O)c1C. The van der Waals surface area contributed by atoms with E-state index in [1.165, 1.54) is 17.8 Å². The van der Waals surface area contributed by atoms with Gasteiger partial charge in [-0.05, 0) is 44.6 Å². The van der Waals surface area contributed by atoms with Gasteiger partial charge in [0.2, 0.25) is 0 Å². The molecule has 20 heavy (non-hydrogen) atoms. The number of amides is 2. The number of hydrogen-bond acceptors (Lipinski definition) is 3. The summed E-state index contributed by atoms with van der Waals surface area (Å²) < 4.78 is 0. The summed E-state index contributed by atoms with van der Waals surface area (Å²) in [6.07, 6.45) is 3.39. The van der Waals surface area contributed by atoms with Crippen LogP contribution in [0.1, 0.15) is 40.1 Å². The van der Waals surface area contributed by atoms with Gasteiger partial charge in [0.1, 0.15) is 5.00 Å². The Morgan fingerprint density at radius 1 is 1.35 bits per heavy atom. The molecule has 2 unspecified atom stereocenters. The molecule has 3 rings (SSSR count). The Labute approximate surface area is 121 Å². The highest BCUT2D eigenvalue weighted by atomic mass is 32.1. The van der Waals surface area contributed by atoms with Crippen molar-refractivity contribution < 1.29 is 14.7 Å². The van der Waals surface area contributed by atoms with E-state index < -0.39 is 5.97 Å². The van der Waals surface area contributed by atoms with Crippen LogP contribution in [0.2, 0.25) is 0 Å². The van der Waals surface area contributed by atoms with Gasteiger partial charge >= 0.3 is 12.0 Å². The number of hydrogen-bond donors (Lipinski definition) is 2. The van der Waals surface area contributed by atoms with E-state index in [2.05, 4.69) is 5.32 Å². The van der Waals surface area contributed by atoms with Gasteiger partial charge in [-0.25, -0.2) is 9.59 Å². The third-order valence-corrected chi connectivity index (χ3v) is 5.61. The average molecular weight is 294 g/mol. The van der Waals surface area contributed by atoms with Crippen LogP contribution in [0.4, 0.5) is 9.80 Å². The molecule has 0 aromatic carbocycles.